The Kier molecular flexibility index (Phi) is 12.2. The van der Waals surface area contributed by atoms with Crippen LogP contribution in [-0.4, -0.2) is 0 Å². The summed E-state index contributed by atoms with van der Waals surface area (Å²) in [6.45, 7) is 0. The van der Waals surface area contributed by atoms with Gasteiger partial charge in [-0.15, -0.1) is 60.7 Å². The van der Waals surface area contributed by atoms with Crippen LogP contribution in [0.4, 0.5) is 0 Å². The maximum atomic E-state index is 8.26. The summed E-state index contributed by atoms with van der Waals surface area (Å²) >= 11 is -0.472. The van der Waals surface area contributed by atoms with E-state index in [1.165, 1.54) is 0 Å². The van der Waals surface area contributed by atoms with Crippen molar-refractivity contribution in [2.75, 3.05) is 0 Å². The molecule has 0 heterocycles. The SMILES string of the molecule is N#Cc1[c-]cccc1.N#Cc1[c-]cccc1.[Cl][Pt+2][Cl]. The molecule has 0 aliphatic heterocycles. The number of nitrogens with zero attached hydrogens (tertiary/aromatic N) is 2. The van der Waals surface area contributed by atoms with Crippen LogP contribution in [0.3, 0.4) is 0 Å². The van der Waals surface area contributed by atoms with Gasteiger partial charge < -0.3 is 0 Å². The van der Waals surface area contributed by atoms with Crippen LogP contribution in [-0.2, 0) is 16.5 Å². The Morgan fingerprint density at radius 2 is 1.21 bits per heavy atom. The summed E-state index contributed by atoms with van der Waals surface area (Å²) in [5, 5.41) is 16.5. The zero-order valence-corrected chi connectivity index (χ0v) is 13.4. The van der Waals surface area contributed by atoms with Gasteiger partial charge in [0.05, 0.1) is 0 Å². The monoisotopic (exact) mass is 469 g/mol. The van der Waals surface area contributed by atoms with Gasteiger partial charge in [-0.2, -0.15) is 0 Å². The Bertz CT molecular complexity index is 469. The fraction of sp³-hybridized carbons (Fsp3) is 0. The standard InChI is InChI=1S/2C7H4N.2ClH.Pt/c2*8-6-7-4-2-1-3-5-7;;;/h2*1-4H;2*1H;/q2*-1;;;+4/p-2. The first-order valence-electron chi connectivity index (χ1n) is 4.84. The molecule has 0 unspecified atom stereocenters. The average Bonchev–Trinajstić information content (AvgIpc) is 2.50. The number of nitriles is 2. The molecule has 98 valence electrons. The summed E-state index contributed by atoms with van der Waals surface area (Å²) in [6.07, 6.45) is 0. The normalized spacial score (nSPS) is 7.79. The van der Waals surface area contributed by atoms with Gasteiger partial charge in [-0.1, -0.05) is 11.1 Å². The molecule has 0 amide bonds. The third-order valence-corrected chi connectivity index (χ3v) is 1.66. The molecule has 0 saturated heterocycles. The third kappa shape index (κ3) is 10.3. The van der Waals surface area contributed by atoms with Gasteiger partial charge in [-0.3, -0.25) is 10.5 Å². The van der Waals surface area contributed by atoms with Crippen LogP contribution in [0.2, 0.25) is 0 Å². The molecule has 0 N–H and O–H groups in total. The molecule has 0 atom stereocenters. The van der Waals surface area contributed by atoms with Gasteiger partial charge in [-0.25, -0.2) is 0 Å². The zero-order chi connectivity index (χ0) is 14.3. The molecule has 19 heavy (non-hydrogen) atoms. The molecule has 0 fully saturated rings. The van der Waals surface area contributed by atoms with Gasteiger partial charge >= 0.3 is 35.3 Å². The number of hydrogen-bond donors (Lipinski definition) is 0. The van der Waals surface area contributed by atoms with Crippen molar-refractivity contribution in [3.63, 3.8) is 0 Å². The Labute approximate surface area is 129 Å². The minimum atomic E-state index is -0.472. The molecule has 0 radical (unpaired) electrons. The fourth-order valence-corrected chi connectivity index (χ4v) is 0.926. The average molecular weight is 470 g/mol. The molecular formula is C14H8Cl2N2Pt. The molecule has 0 spiro atoms. The minimum absolute atomic E-state index is 0.472. The predicted molar refractivity (Wildman–Crippen MR) is 71.7 cm³/mol. The second-order valence-corrected chi connectivity index (χ2v) is 6.10. The zero-order valence-electron chi connectivity index (χ0n) is 9.59. The van der Waals surface area contributed by atoms with E-state index in [9.17, 15) is 0 Å². The van der Waals surface area contributed by atoms with Gasteiger partial charge in [0.1, 0.15) is 0 Å². The van der Waals surface area contributed by atoms with Crippen molar-refractivity contribution in [3.8, 4) is 12.1 Å². The Morgan fingerprint density at radius 3 is 1.37 bits per heavy atom. The molecule has 2 nitrogen and oxygen atoms in total. The summed E-state index contributed by atoms with van der Waals surface area (Å²) in [5.74, 6) is 0. The van der Waals surface area contributed by atoms with E-state index in [4.69, 9.17) is 29.4 Å². The van der Waals surface area contributed by atoms with Crippen LogP contribution >= 0.6 is 18.8 Å². The Hall–Kier alpha value is -1.31. The third-order valence-electron chi connectivity index (χ3n) is 1.66. The van der Waals surface area contributed by atoms with Crippen LogP contribution in [0.25, 0.3) is 0 Å². The number of rotatable bonds is 0. The van der Waals surface area contributed by atoms with Crippen molar-refractivity contribution < 1.29 is 16.5 Å². The van der Waals surface area contributed by atoms with Crippen molar-refractivity contribution in [1.82, 2.24) is 0 Å². The van der Waals surface area contributed by atoms with E-state index in [0.29, 0.717) is 11.1 Å². The van der Waals surface area contributed by atoms with Crippen molar-refractivity contribution in [3.05, 3.63) is 71.8 Å². The number of benzene rings is 2. The Balaban J connectivity index is 0.000000284. The van der Waals surface area contributed by atoms with E-state index in [1.807, 2.05) is 36.4 Å². The molecule has 0 saturated carbocycles. The summed E-state index contributed by atoms with van der Waals surface area (Å²) < 4.78 is 0. The molecule has 0 aliphatic carbocycles. The van der Waals surface area contributed by atoms with Crippen LogP contribution in [0.15, 0.2) is 48.5 Å². The predicted octanol–water partition coefficient (Wildman–Crippen LogP) is 4.09. The molecule has 5 heteroatoms. The van der Waals surface area contributed by atoms with E-state index in [-0.39, 0.29) is 0 Å². The Morgan fingerprint density at radius 1 is 0.842 bits per heavy atom. The quantitative estimate of drug-likeness (QED) is 0.545. The van der Waals surface area contributed by atoms with Crippen LogP contribution < -0.4 is 0 Å². The van der Waals surface area contributed by atoms with Gasteiger partial charge in [0.15, 0.2) is 0 Å². The van der Waals surface area contributed by atoms with E-state index >= 15 is 0 Å². The number of halogens is 2. The van der Waals surface area contributed by atoms with Crippen LogP contribution in [0, 0.1) is 34.8 Å². The summed E-state index contributed by atoms with van der Waals surface area (Å²) in [4.78, 5) is 0. The molecule has 0 aromatic heterocycles. The molecule has 2 aromatic carbocycles. The van der Waals surface area contributed by atoms with Gasteiger partial charge in [0.25, 0.3) is 0 Å². The maximum absolute atomic E-state index is 8.26. The molecule has 2 aromatic rings. The molecule has 0 bridgehead atoms. The first kappa shape index (κ1) is 17.7. The molecule has 2 rings (SSSR count). The van der Waals surface area contributed by atoms with Crippen LogP contribution in [0.1, 0.15) is 11.1 Å². The fourth-order valence-electron chi connectivity index (χ4n) is 0.926. The summed E-state index contributed by atoms with van der Waals surface area (Å²) in [7, 11) is 9.75. The second kappa shape index (κ2) is 13.1. The van der Waals surface area contributed by atoms with E-state index in [1.54, 1.807) is 24.3 Å². The second-order valence-electron chi connectivity index (χ2n) is 2.82. The summed E-state index contributed by atoms with van der Waals surface area (Å²) in [6, 6.07) is 23.6. The van der Waals surface area contributed by atoms with Crippen molar-refractivity contribution in [1.29, 1.82) is 10.5 Å². The van der Waals surface area contributed by atoms with Crippen molar-refractivity contribution in [2.45, 2.75) is 0 Å². The van der Waals surface area contributed by atoms with Gasteiger partial charge in [0, 0.05) is 0 Å². The topological polar surface area (TPSA) is 47.6 Å². The van der Waals surface area contributed by atoms with Gasteiger partial charge in [0.2, 0.25) is 0 Å². The summed E-state index contributed by atoms with van der Waals surface area (Å²) in [5.41, 5.74) is 1.18. The van der Waals surface area contributed by atoms with Crippen molar-refractivity contribution in [2.24, 2.45) is 0 Å². The van der Waals surface area contributed by atoms with E-state index < -0.39 is 16.5 Å². The molecular weight excluding hydrogens is 462 g/mol. The first-order chi connectivity index (χ1) is 9.28. The van der Waals surface area contributed by atoms with Crippen LogP contribution in [0.5, 0.6) is 0 Å². The first-order valence-corrected chi connectivity index (χ1v) is 10.5. The van der Waals surface area contributed by atoms with Crippen molar-refractivity contribution >= 4 is 18.8 Å². The molecule has 0 aliphatic rings. The van der Waals surface area contributed by atoms with E-state index in [0.717, 1.165) is 0 Å². The van der Waals surface area contributed by atoms with E-state index in [2.05, 4.69) is 12.1 Å². The van der Waals surface area contributed by atoms with Gasteiger partial charge in [-0.05, 0) is 12.1 Å². The number of hydrogen-bond acceptors (Lipinski definition) is 2.